The Morgan fingerprint density at radius 2 is 1.71 bits per heavy atom. The fourth-order valence-corrected chi connectivity index (χ4v) is 1.66. The van der Waals surface area contributed by atoms with Crippen molar-refractivity contribution in [2.75, 3.05) is 0 Å². The Labute approximate surface area is 111 Å². The third-order valence-electron chi connectivity index (χ3n) is 3.34. The minimum absolute atomic E-state index is 0.0171. The molecule has 1 aromatic heterocycles. The lowest BCUT2D eigenvalue weighted by molar-refractivity contribution is 0.00578. The van der Waals surface area contributed by atoms with Crippen LogP contribution in [0.3, 0.4) is 0 Å². The van der Waals surface area contributed by atoms with Gasteiger partial charge < -0.3 is 9.31 Å². The molecule has 0 radical (unpaired) electrons. The maximum Gasteiger partial charge on any atom is 0.494 e. The van der Waals surface area contributed by atoms with Crippen LogP contribution in [0.15, 0.2) is 12.1 Å². The average Bonchev–Trinajstić information content (AvgIpc) is 2.51. The van der Waals surface area contributed by atoms with Gasteiger partial charge in [0.05, 0.1) is 13.9 Å². The van der Waals surface area contributed by atoms with Crippen LogP contribution in [0.1, 0.15) is 45.9 Å². The SMILES string of the molecule is [2H]c1c(C)nc(C([2H])([2H])[2H])c([2H])c1B1OC(C)(C)C(C)(C)O1. The molecule has 1 aliphatic rings. The minimum Gasteiger partial charge on any atom is -0.399 e. The lowest BCUT2D eigenvalue weighted by Crippen LogP contribution is -2.41. The standard InChI is InChI=1S/C13H20BNO2/c1-9-7-11(8-10(2)15-9)14-16-12(3,4)13(5,6)17-14/h7-8H,1-6H3/i1D3,7D,8D. The van der Waals surface area contributed by atoms with Gasteiger partial charge in [0.15, 0.2) is 0 Å². The third-order valence-corrected chi connectivity index (χ3v) is 3.34. The van der Waals surface area contributed by atoms with Crippen molar-refractivity contribution in [3.8, 4) is 0 Å². The van der Waals surface area contributed by atoms with E-state index in [0.717, 1.165) is 0 Å². The maximum absolute atomic E-state index is 8.16. The lowest BCUT2D eigenvalue weighted by Gasteiger charge is -2.32. The van der Waals surface area contributed by atoms with E-state index < -0.39 is 25.2 Å². The molecule has 1 saturated heterocycles. The summed E-state index contributed by atoms with van der Waals surface area (Å²) >= 11 is 0. The summed E-state index contributed by atoms with van der Waals surface area (Å²) in [5.41, 5.74) is -1.23. The highest BCUT2D eigenvalue weighted by Crippen LogP contribution is 2.36. The van der Waals surface area contributed by atoms with Crippen LogP contribution in [0.2, 0.25) is 0 Å². The molecule has 0 aromatic carbocycles. The summed E-state index contributed by atoms with van der Waals surface area (Å²) < 4.78 is 50.6. The zero-order chi connectivity index (χ0) is 17.1. The first-order valence-electron chi connectivity index (χ1n) is 8.12. The first kappa shape index (κ1) is 7.54. The first-order valence-corrected chi connectivity index (χ1v) is 5.62. The van der Waals surface area contributed by atoms with Crippen LogP contribution in [-0.2, 0) is 9.31 Å². The monoisotopic (exact) mass is 238 g/mol. The molecule has 2 rings (SSSR count). The zero-order valence-electron chi connectivity index (χ0n) is 15.8. The molecule has 4 heteroatoms. The van der Waals surface area contributed by atoms with Gasteiger partial charge in [-0.1, -0.05) is 0 Å². The van der Waals surface area contributed by atoms with E-state index in [-0.39, 0.29) is 28.9 Å². The summed E-state index contributed by atoms with van der Waals surface area (Å²) in [6.45, 7) is 6.47. The second-order valence-electron chi connectivity index (χ2n) is 5.30. The number of hydrogen-bond donors (Lipinski definition) is 0. The summed E-state index contributed by atoms with van der Waals surface area (Å²) in [4.78, 5) is 3.90. The summed E-state index contributed by atoms with van der Waals surface area (Å²) in [6.07, 6.45) is 0. The van der Waals surface area contributed by atoms with Gasteiger partial charge in [-0.2, -0.15) is 0 Å². The molecule has 0 unspecified atom stereocenters. The number of aromatic nitrogens is 1. The van der Waals surface area contributed by atoms with E-state index in [1.165, 1.54) is 0 Å². The molecular weight excluding hydrogens is 213 g/mol. The van der Waals surface area contributed by atoms with Gasteiger partial charge in [0.2, 0.25) is 0 Å². The van der Waals surface area contributed by atoms with Gasteiger partial charge in [-0.25, -0.2) is 0 Å². The van der Waals surface area contributed by atoms with Crippen LogP contribution >= 0.6 is 0 Å². The fraction of sp³-hybridized carbons (Fsp3) is 0.615. The Kier molecular flexibility index (Phi) is 1.70. The van der Waals surface area contributed by atoms with Gasteiger partial charge in [0.1, 0.15) is 0 Å². The fourth-order valence-electron chi connectivity index (χ4n) is 1.66. The van der Waals surface area contributed by atoms with Crippen LogP contribution in [0.4, 0.5) is 0 Å². The number of aryl methyl sites for hydroxylation is 2. The molecule has 0 N–H and O–H groups in total. The largest absolute Gasteiger partial charge is 0.494 e. The van der Waals surface area contributed by atoms with E-state index in [1.54, 1.807) is 6.92 Å². The van der Waals surface area contributed by atoms with Gasteiger partial charge in [0, 0.05) is 15.5 Å². The molecule has 0 bridgehead atoms. The molecule has 3 nitrogen and oxygen atoms in total. The van der Waals surface area contributed by atoms with Crippen LogP contribution in [-0.4, -0.2) is 23.3 Å². The van der Waals surface area contributed by atoms with Crippen molar-refractivity contribution >= 4 is 12.6 Å². The molecule has 17 heavy (non-hydrogen) atoms. The summed E-state index contributed by atoms with van der Waals surface area (Å²) in [5.74, 6) is 0. The summed E-state index contributed by atoms with van der Waals surface area (Å²) in [6, 6.07) is -0.328. The van der Waals surface area contributed by atoms with E-state index >= 15 is 0 Å². The Morgan fingerprint density at radius 1 is 1.18 bits per heavy atom. The average molecular weight is 238 g/mol. The maximum atomic E-state index is 8.16. The molecule has 1 aliphatic heterocycles. The van der Waals surface area contributed by atoms with Gasteiger partial charge in [-0.3, -0.25) is 4.98 Å². The van der Waals surface area contributed by atoms with Crippen molar-refractivity contribution in [3.05, 3.63) is 23.5 Å². The molecule has 0 spiro atoms. The number of pyridine rings is 1. The van der Waals surface area contributed by atoms with Gasteiger partial charge >= 0.3 is 7.12 Å². The number of hydrogen-bond acceptors (Lipinski definition) is 3. The normalized spacial score (nSPS) is 26.9. The topological polar surface area (TPSA) is 31.4 Å². The van der Waals surface area contributed by atoms with E-state index in [2.05, 4.69) is 4.98 Å². The molecule has 0 atom stereocenters. The van der Waals surface area contributed by atoms with Gasteiger partial charge in [0.25, 0.3) is 0 Å². The molecule has 0 amide bonds. The van der Waals surface area contributed by atoms with Gasteiger partial charge in [-0.15, -0.1) is 0 Å². The zero-order valence-corrected chi connectivity index (χ0v) is 10.8. The van der Waals surface area contributed by atoms with E-state index in [9.17, 15) is 0 Å². The van der Waals surface area contributed by atoms with Crippen molar-refractivity contribution in [2.45, 2.75) is 52.7 Å². The molecule has 0 aliphatic carbocycles. The highest BCUT2D eigenvalue weighted by atomic mass is 16.7. The second-order valence-corrected chi connectivity index (χ2v) is 5.30. The third kappa shape index (κ3) is 2.24. The number of nitrogens with zero attached hydrogens (tertiary/aromatic N) is 1. The quantitative estimate of drug-likeness (QED) is 0.701. The van der Waals surface area contributed by atoms with Crippen molar-refractivity contribution in [1.29, 1.82) is 0 Å². The molecule has 0 saturated carbocycles. The van der Waals surface area contributed by atoms with E-state index in [4.69, 9.17) is 16.2 Å². The summed E-state index contributed by atoms with van der Waals surface area (Å²) in [5, 5.41) is 0. The van der Waals surface area contributed by atoms with Crippen molar-refractivity contribution < 1.29 is 16.2 Å². The van der Waals surface area contributed by atoms with Crippen LogP contribution in [0.5, 0.6) is 0 Å². The molecule has 2 heterocycles. The minimum atomic E-state index is -2.52. The van der Waals surface area contributed by atoms with Crippen molar-refractivity contribution in [1.82, 2.24) is 4.98 Å². The Hall–Kier alpha value is -0.865. The van der Waals surface area contributed by atoms with Crippen LogP contribution in [0, 0.1) is 13.8 Å². The highest BCUT2D eigenvalue weighted by Gasteiger charge is 2.51. The Morgan fingerprint density at radius 3 is 2.24 bits per heavy atom. The second kappa shape index (κ2) is 3.82. The van der Waals surface area contributed by atoms with E-state index in [1.807, 2.05) is 27.7 Å². The first-order chi connectivity index (χ1) is 9.78. The van der Waals surface area contributed by atoms with Crippen molar-refractivity contribution in [3.63, 3.8) is 0 Å². The molecule has 1 aromatic rings. The van der Waals surface area contributed by atoms with Crippen LogP contribution < -0.4 is 5.46 Å². The highest BCUT2D eigenvalue weighted by molar-refractivity contribution is 6.62. The van der Waals surface area contributed by atoms with Gasteiger partial charge in [-0.05, 0) is 59.0 Å². The van der Waals surface area contributed by atoms with Crippen LogP contribution in [0.25, 0.3) is 0 Å². The number of rotatable bonds is 1. The lowest BCUT2D eigenvalue weighted by atomic mass is 9.79. The van der Waals surface area contributed by atoms with Crippen molar-refractivity contribution in [2.24, 2.45) is 0 Å². The molecule has 1 fully saturated rings. The Bertz CT molecular complexity index is 599. The predicted molar refractivity (Wildman–Crippen MR) is 69.4 cm³/mol. The smallest absolute Gasteiger partial charge is 0.399 e. The Balaban J connectivity index is 2.60. The summed E-state index contributed by atoms with van der Waals surface area (Å²) in [7, 11) is -0.951. The predicted octanol–water partition coefficient (Wildman–Crippen LogP) is 2.00. The van der Waals surface area contributed by atoms with E-state index in [0.29, 0.717) is 0 Å². The molecular formula is C13H20BNO2. The molecule has 92 valence electrons.